The van der Waals surface area contributed by atoms with Crippen LogP contribution in [0.1, 0.15) is 6.42 Å². The zero-order chi connectivity index (χ0) is 17.8. The molecule has 6 nitrogen and oxygen atoms in total. The van der Waals surface area contributed by atoms with Gasteiger partial charge in [0.15, 0.2) is 0 Å². The van der Waals surface area contributed by atoms with Gasteiger partial charge >= 0.3 is 0 Å². The standard InChI is InChI=1S/C18H19N3O3S/c19-18(24)12(11-22)20-17(23)9-10-21-13-5-1-3-7-15(13)25-16-8-4-2-6-14(16)21/h1-8,12,22H,9-11H2,(H2,19,24)(H,20,23)/t12-/m0/s1. The van der Waals surface area contributed by atoms with Crippen molar-refractivity contribution in [1.82, 2.24) is 5.32 Å². The number of aliphatic hydroxyl groups excluding tert-OH is 1. The summed E-state index contributed by atoms with van der Waals surface area (Å²) in [5, 5.41) is 11.6. The Morgan fingerprint density at radius 1 is 1.08 bits per heavy atom. The van der Waals surface area contributed by atoms with Crippen molar-refractivity contribution in [3.05, 3.63) is 48.5 Å². The summed E-state index contributed by atoms with van der Waals surface area (Å²) in [6.45, 7) is -0.0512. The van der Waals surface area contributed by atoms with Crippen LogP contribution in [0.4, 0.5) is 11.4 Å². The minimum Gasteiger partial charge on any atom is -0.394 e. The van der Waals surface area contributed by atoms with Gasteiger partial charge in [0.1, 0.15) is 6.04 Å². The van der Waals surface area contributed by atoms with Gasteiger partial charge in [0.2, 0.25) is 11.8 Å². The average molecular weight is 357 g/mol. The lowest BCUT2D eigenvalue weighted by molar-refractivity contribution is -0.128. The van der Waals surface area contributed by atoms with E-state index >= 15 is 0 Å². The van der Waals surface area contributed by atoms with Gasteiger partial charge in [-0.05, 0) is 24.3 Å². The third-order valence-corrected chi connectivity index (χ3v) is 5.09. The molecule has 0 fully saturated rings. The number of para-hydroxylation sites is 2. The van der Waals surface area contributed by atoms with Crippen LogP contribution >= 0.6 is 11.8 Å². The van der Waals surface area contributed by atoms with E-state index in [2.05, 4.69) is 22.3 Å². The van der Waals surface area contributed by atoms with Gasteiger partial charge in [0, 0.05) is 22.8 Å². The maximum atomic E-state index is 12.1. The number of anilines is 2. The van der Waals surface area contributed by atoms with Crippen LogP contribution in [0.15, 0.2) is 58.3 Å². The number of hydrogen-bond acceptors (Lipinski definition) is 5. The monoisotopic (exact) mass is 357 g/mol. The number of rotatable bonds is 6. The van der Waals surface area contributed by atoms with E-state index < -0.39 is 18.6 Å². The number of benzene rings is 2. The molecule has 0 aromatic heterocycles. The van der Waals surface area contributed by atoms with Crippen molar-refractivity contribution in [3.8, 4) is 0 Å². The SMILES string of the molecule is NC(=O)[C@H](CO)NC(=O)CCN1c2ccccc2Sc2ccccc21. The number of nitrogens with two attached hydrogens (primary N) is 1. The third-order valence-electron chi connectivity index (χ3n) is 3.96. The molecule has 3 rings (SSSR count). The molecule has 1 aliphatic rings. The zero-order valence-corrected chi connectivity index (χ0v) is 14.3. The van der Waals surface area contributed by atoms with Crippen LogP contribution in [-0.2, 0) is 9.59 Å². The molecule has 0 saturated carbocycles. The lowest BCUT2D eigenvalue weighted by Crippen LogP contribution is -2.47. The zero-order valence-electron chi connectivity index (χ0n) is 13.5. The molecular formula is C18H19N3O3S. The summed E-state index contributed by atoms with van der Waals surface area (Å²) >= 11 is 1.70. The summed E-state index contributed by atoms with van der Waals surface area (Å²) < 4.78 is 0. The van der Waals surface area contributed by atoms with E-state index in [1.165, 1.54) is 0 Å². The molecule has 0 aliphatic carbocycles. The van der Waals surface area contributed by atoms with Gasteiger partial charge in [-0.25, -0.2) is 0 Å². The maximum absolute atomic E-state index is 12.1. The summed E-state index contributed by atoms with van der Waals surface area (Å²) in [7, 11) is 0. The van der Waals surface area contributed by atoms with Gasteiger partial charge in [-0.1, -0.05) is 36.0 Å². The maximum Gasteiger partial charge on any atom is 0.242 e. The molecule has 2 aromatic rings. The highest BCUT2D eigenvalue weighted by Crippen LogP contribution is 2.47. The summed E-state index contributed by atoms with van der Waals surface area (Å²) in [5.74, 6) is -1.08. The first-order valence-electron chi connectivity index (χ1n) is 7.93. The van der Waals surface area contributed by atoms with Crippen LogP contribution in [-0.4, -0.2) is 36.1 Å². The molecule has 0 unspecified atom stereocenters. The van der Waals surface area contributed by atoms with Crippen LogP contribution in [0.3, 0.4) is 0 Å². The van der Waals surface area contributed by atoms with Crippen LogP contribution in [0.2, 0.25) is 0 Å². The number of primary amides is 1. The second-order valence-electron chi connectivity index (χ2n) is 5.64. The van der Waals surface area contributed by atoms with Crippen molar-refractivity contribution >= 4 is 35.0 Å². The Hall–Kier alpha value is -2.51. The molecule has 1 atom stereocenters. The smallest absolute Gasteiger partial charge is 0.242 e. The van der Waals surface area contributed by atoms with Gasteiger partial charge in [-0.2, -0.15) is 0 Å². The van der Waals surface area contributed by atoms with Gasteiger partial charge in [0.05, 0.1) is 18.0 Å². The number of amides is 2. The van der Waals surface area contributed by atoms with Crippen molar-refractivity contribution < 1.29 is 14.7 Å². The van der Waals surface area contributed by atoms with E-state index in [9.17, 15) is 9.59 Å². The highest BCUT2D eigenvalue weighted by molar-refractivity contribution is 7.99. The van der Waals surface area contributed by atoms with Crippen molar-refractivity contribution in [2.24, 2.45) is 5.73 Å². The Balaban J connectivity index is 1.76. The van der Waals surface area contributed by atoms with Crippen LogP contribution < -0.4 is 16.0 Å². The number of carbonyl (C=O) groups is 2. The van der Waals surface area contributed by atoms with Gasteiger partial charge in [-0.15, -0.1) is 0 Å². The predicted molar refractivity (Wildman–Crippen MR) is 96.8 cm³/mol. The van der Waals surface area contributed by atoms with E-state index in [4.69, 9.17) is 10.8 Å². The molecule has 1 heterocycles. The minimum atomic E-state index is -1.05. The van der Waals surface area contributed by atoms with Crippen LogP contribution in [0, 0.1) is 0 Å². The first-order chi connectivity index (χ1) is 12.1. The van der Waals surface area contributed by atoms with Crippen LogP contribution in [0.5, 0.6) is 0 Å². The Labute approximate surface area is 150 Å². The average Bonchev–Trinajstić information content (AvgIpc) is 2.62. The summed E-state index contributed by atoms with van der Waals surface area (Å²) in [4.78, 5) is 27.6. The molecule has 25 heavy (non-hydrogen) atoms. The highest BCUT2D eigenvalue weighted by Gasteiger charge is 2.24. The molecule has 0 spiro atoms. The Bertz CT molecular complexity index is 751. The fourth-order valence-electron chi connectivity index (χ4n) is 2.71. The number of nitrogens with one attached hydrogen (secondary N) is 1. The number of nitrogens with zero attached hydrogens (tertiary/aromatic N) is 1. The van der Waals surface area contributed by atoms with Crippen molar-refractivity contribution in [2.75, 3.05) is 18.1 Å². The second kappa shape index (κ2) is 7.58. The van der Waals surface area contributed by atoms with Gasteiger partial charge in [0.25, 0.3) is 0 Å². The normalized spacial score (nSPS) is 13.6. The first kappa shape index (κ1) is 17.3. The summed E-state index contributed by atoms with van der Waals surface area (Å²) in [6.07, 6.45) is 0.178. The molecule has 2 amide bonds. The first-order valence-corrected chi connectivity index (χ1v) is 8.75. The molecule has 0 radical (unpaired) electrons. The quantitative estimate of drug-likeness (QED) is 0.730. The van der Waals surface area contributed by atoms with Crippen molar-refractivity contribution in [1.29, 1.82) is 0 Å². The predicted octanol–water partition coefficient (Wildman–Crippen LogP) is 1.64. The topological polar surface area (TPSA) is 95.7 Å². The second-order valence-corrected chi connectivity index (χ2v) is 6.73. The minimum absolute atomic E-state index is 0.178. The molecule has 4 N–H and O–H groups in total. The van der Waals surface area contributed by atoms with Crippen LogP contribution in [0.25, 0.3) is 0 Å². The van der Waals surface area contributed by atoms with Gasteiger partial charge in [-0.3, -0.25) is 9.59 Å². The Morgan fingerprint density at radius 3 is 2.16 bits per heavy atom. The number of carbonyl (C=O) groups excluding carboxylic acids is 2. The van der Waals surface area contributed by atoms with Gasteiger partial charge < -0.3 is 21.1 Å². The van der Waals surface area contributed by atoms with Crippen molar-refractivity contribution in [3.63, 3.8) is 0 Å². The molecule has 2 aromatic carbocycles. The molecule has 1 aliphatic heterocycles. The van der Waals surface area contributed by atoms with E-state index in [1.807, 2.05) is 36.4 Å². The molecule has 0 bridgehead atoms. The summed E-state index contributed by atoms with van der Waals surface area (Å²) in [6, 6.07) is 15.0. The molecular weight excluding hydrogens is 338 g/mol. The van der Waals surface area contributed by atoms with E-state index in [-0.39, 0.29) is 12.3 Å². The molecule has 7 heteroatoms. The Kier molecular flexibility index (Phi) is 5.25. The van der Waals surface area contributed by atoms with E-state index in [1.54, 1.807) is 11.8 Å². The molecule has 0 saturated heterocycles. The lowest BCUT2D eigenvalue weighted by atomic mass is 10.2. The number of fused-ring (bicyclic) bond motifs is 2. The number of hydrogen-bond donors (Lipinski definition) is 3. The summed E-state index contributed by atoms with van der Waals surface area (Å²) in [5.41, 5.74) is 7.23. The third kappa shape index (κ3) is 3.78. The van der Waals surface area contributed by atoms with E-state index in [0.717, 1.165) is 21.2 Å². The number of aliphatic hydroxyl groups is 1. The largest absolute Gasteiger partial charge is 0.394 e. The lowest BCUT2D eigenvalue weighted by Gasteiger charge is -2.32. The Morgan fingerprint density at radius 2 is 1.64 bits per heavy atom. The van der Waals surface area contributed by atoms with Crippen molar-refractivity contribution in [2.45, 2.75) is 22.3 Å². The molecule has 130 valence electrons. The fraction of sp³-hybridized carbons (Fsp3) is 0.222. The fourth-order valence-corrected chi connectivity index (χ4v) is 3.80. The van der Waals surface area contributed by atoms with E-state index in [0.29, 0.717) is 6.54 Å². The highest BCUT2D eigenvalue weighted by atomic mass is 32.2.